The molecule has 4 rings (SSSR count). The van der Waals surface area contributed by atoms with Gasteiger partial charge in [-0.1, -0.05) is 12.1 Å². The number of phenolic OH excluding ortho intramolecular Hbond substituents is 1. The maximum atomic E-state index is 13.4. The van der Waals surface area contributed by atoms with E-state index in [4.69, 9.17) is 4.74 Å². The van der Waals surface area contributed by atoms with Crippen molar-refractivity contribution in [1.29, 1.82) is 0 Å². The number of fused-ring (bicyclic) bond motifs is 1. The monoisotopic (exact) mass is 494 g/mol. The number of morpholine rings is 1. The highest BCUT2D eigenvalue weighted by Crippen LogP contribution is 2.37. The zero-order chi connectivity index (χ0) is 21.3. The molecule has 0 spiro atoms. The minimum atomic E-state index is -1.18. The molecule has 1 N–H and O–H groups in total. The van der Waals surface area contributed by atoms with Gasteiger partial charge in [0.2, 0.25) is 0 Å². The van der Waals surface area contributed by atoms with E-state index in [1.54, 1.807) is 12.1 Å². The third-order valence-electron chi connectivity index (χ3n) is 5.49. The maximum absolute atomic E-state index is 13.4. The van der Waals surface area contributed by atoms with Gasteiger partial charge in [0.05, 0.1) is 23.4 Å². The molecule has 1 aliphatic heterocycles. The first-order valence-corrected chi connectivity index (χ1v) is 12.1. The lowest BCUT2D eigenvalue weighted by Gasteiger charge is -2.27. The van der Waals surface area contributed by atoms with Gasteiger partial charge in [0.15, 0.2) is 0 Å². The zero-order valence-electron chi connectivity index (χ0n) is 16.7. The van der Waals surface area contributed by atoms with Gasteiger partial charge in [-0.15, -0.1) is 0 Å². The summed E-state index contributed by atoms with van der Waals surface area (Å²) in [6, 6.07) is 10.1. The number of rotatable bonds is 6. The van der Waals surface area contributed by atoms with Crippen molar-refractivity contribution in [2.24, 2.45) is 7.05 Å². The summed E-state index contributed by atoms with van der Waals surface area (Å²) in [6.07, 6.45) is 0. The zero-order valence-corrected chi connectivity index (χ0v) is 19.1. The Balaban J connectivity index is 1.62. The highest BCUT2D eigenvalue weighted by molar-refractivity contribution is 9.10. The number of aromatic nitrogens is 1. The van der Waals surface area contributed by atoms with Gasteiger partial charge in [0, 0.05) is 65.4 Å². The van der Waals surface area contributed by atoms with Crippen molar-refractivity contribution < 1.29 is 18.4 Å². The smallest absolute Gasteiger partial charge is 0.135 e. The van der Waals surface area contributed by atoms with Crippen LogP contribution >= 0.6 is 15.9 Å². The molecule has 1 fully saturated rings. The Morgan fingerprint density at radius 2 is 1.97 bits per heavy atom. The van der Waals surface area contributed by atoms with Crippen LogP contribution in [0.5, 0.6) is 5.75 Å². The van der Waals surface area contributed by atoms with E-state index in [1.165, 1.54) is 12.1 Å². The summed E-state index contributed by atoms with van der Waals surface area (Å²) in [5, 5.41) is 11.7. The number of hydrogen-bond acceptors (Lipinski definition) is 4. The van der Waals surface area contributed by atoms with Gasteiger partial charge in [-0.3, -0.25) is 9.11 Å². The molecule has 1 saturated heterocycles. The maximum Gasteiger partial charge on any atom is 0.135 e. The summed E-state index contributed by atoms with van der Waals surface area (Å²) in [5.41, 5.74) is 3.47. The fourth-order valence-corrected chi connectivity index (χ4v) is 5.58. The number of hydrogen-bond donors (Lipinski definition) is 1. The first kappa shape index (κ1) is 21.5. The molecule has 5 nitrogen and oxygen atoms in total. The molecule has 0 aliphatic carbocycles. The van der Waals surface area contributed by atoms with E-state index in [-0.39, 0.29) is 11.6 Å². The molecule has 2 heterocycles. The van der Waals surface area contributed by atoms with Crippen molar-refractivity contribution in [2.75, 3.05) is 26.3 Å². The molecule has 2 aromatic carbocycles. The average Bonchev–Trinajstić information content (AvgIpc) is 3.01. The van der Waals surface area contributed by atoms with Gasteiger partial charge in [-0.05, 0) is 45.8 Å². The fourth-order valence-electron chi connectivity index (χ4n) is 3.86. The molecular formula is C22H24BrFN2O3S. The Hall–Kier alpha value is -1.74. The first-order valence-electron chi connectivity index (χ1n) is 9.80. The third-order valence-corrected chi connectivity index (χ3v) is 7.37. The Morgan fingerprint density at radius 3 is 2.70 bits per heavy atom. The number of phenols is 1. The molecule has 1 unspecified atom stereocenters. The van der Waals surface area contributed by atoms with Crippen molar-refractivity contribution in [1.82, 2.24) is 9.47 Å². The molecule has 1 aliphatic rings. The van der Waals surface area contributed by atoms with Crippen LogP contribution in [0.25, 0.3) is 10.9 Å². The summed E-state index contributed by atoms with van der Waals surface area (Å²) in [5.74, 6) is 0.584. The SMILES string of the molecule is Cn1c(CS(=O)Cc2cccc(F)c2)cc2c(CN3CCOCC3)c(O)c(Br)cc21. The summed E-state index contributed by atoms with van der Waals surface area (Å²) in [6.45, 7) is 3.66. The molecule has 0 saturated carbocycles. The minimum Gasteiger partial charge on any atom is -0.506 e. The van der Waals surface area contributed by atoms with Crippen LogP contribution in [0, 0.1) is 5.82 Å². The van der Waals surface area contributed by atoms with E-state index in [0.29, 0.717) is 35.7 Å². The van der Waals surface area contributed by atoms with Crippen molar-refractivity contribution >= 4 is 37.6 Å². The number of halogens is 2. The Kier molecular flexibility index (Phi) is 6.57. The number of aryl methyl sites for hydroxylation is 1. The molecule has 8 heteroatoms. The van der Waals surface area contributed by atoms with E-state index >= 15 is 0 Å². The third kappa shape index (κ3) is 4.61. The Labute approximate surface area is 186 Å². The molecule has 30 heavy (non-hydrogen) atoms. The standard InChI is InChI=1S/C22H24BrFN2O3S/c1-25-17(14-30(28)13-15-3-2-4-16(24)9-15)10-18-19(12-26-5-7-29-8-6-26)22(27)20(23)11-21(18)25/h2-4,9-11,27H,5-8,12-14H2,1H3. The molecule has 3 aromatic rings. The van der Waals surface area contributed by atoms with Crippen LogP contribution in [0.15, 0.2) is 40.9 Å². The molecule has 1 atom stereocenters. The Morgan fingerprint density at radius 1 is 1.20 bits per heavy atom. The molecule has 160 valence electrons. The van der Waals surface area contributed by atoms with Crippen LogP contribution in [0.1, 0.15) is 16.8 Å². The topological polar surface area (TPSA) is 54.7 Å². The second kappa shape index (κ2) is 9.18. The summed E-state index contributed by atoms with van der Waals surface area (Å²) < 4.78 is 34.3. The first-order chi connectivity index (χ1) is 14.4. The molecule has 0 radical (unpaired) electrons. The molecular weight excluding hydrogens is 471 g/mol. The van der Waals surface area contributed by atoms with Crippen LogP contribution in [0.2, 0.25) is 0 Å². The lowest BCUT2D eigenvalue weighted by atomic mass is 10.1. The summed E-state index contributed by atoms with van der Waals surface area (Å²) in [7, 11) is 0.764. The summed E-state index contributed by atoms with van der Waals surface area (Å²) >= 11 is 3.48. The lowest BCUT2D eigenvalue weighted by molar-refractivity contribution is 0.0340. The highest BCUT2D eigenvalue weighted by atomic mass is 79.9. The van der Waals surface area contributed by atoms with Crippen LogP contribution in [0.4, 0.5) is 4.39 Å². The van der Waals surface area contributed by atoms with Crippen LogP contribution in [-0.4, -0.2) is 45.1 Å². The predicted octanol–water partition coefficient (Wildman–Crippen LogP) is 4.07. The van der Waals surface area contributed by atoms with E-state index in [9.17, 15) is 13.7 Å². The molecule has 0 amide bonds. The fraction of sp³-hybridized carbons (Fsp3) is 0.364. The van der Waals surface area contributed by atoms with Crippen LogP contribution in [-0.2, 0) is 40.6 Å². The van der Waals surface area contributed by atoms with Crippen LogP contribution in [0.3, 0.4) is 0 Å². The van der Waals surface area contributed by atoms with Gasteiger partial charge in [0.1, 0.15) is 11.6 Å². The largest absolute Gasteiger partial charge is 0.506 e. The number of aromatic hydroxyl groups is 1. The van der Waals surface area contributed by atoms with Gasteiger partial charge >= 0.3 is 0 Å². The summed E-state index contributed by atoms with van der Waals surface area (Å²) in [4.78, 5) is 2.26. The van der Waals surface area contributed by atoms with Crippen molar-refractivity contribution in [2.45, 2.75) is 18.1 Å². The van der Waals surface area contributed by atoms with E-state index in [2.05, 4.69) is 20.8 Å². The Bertz CT molecular complexity index is 1100. The quantitative estimate of drug-likeness (QED) is 0.561. The minimum absolute atomic E-state index is 0.243. The van der Waals surface area contributed by atoms with E-state index in [1.807, 2.05) is 23.7 Å². The average molecular weight is 495 g/mol. The van der Waals surface area contributed by atoms with Crippen molar-refractivity contribution in [3.8, 4) is 5.75 Å². The van der Waals surface area contributed by atoms with Crippen LogP contribution < -0.4 is 0 Å². The predicted molar refractivity (Wildman–Crippen MR) is 120 cm³/mol. The molecule has 1 aromatic heterocycles. The number of nitrogens with zero attached hydrogens (tertiary/aromatic N) is 2. The van der Waals surface area contributed by atoms with Crippen molar-refractivity contribution in [3.05, 3.63) is 63.5 Å². The highest BCUT2D eigenvalue weighted by Gasteiger charge is 2.20. The number of ether oxygens (including phenoxy) is 1. The van der Waals surface area contributed by atoms with Gasteiger partial charge in [-0.2, -0.15) is 0 Å². The normalized spacial score (nSPS) is 16.2. The van der Waals surface area contributed by atoms with Crippen molar-refractivity contribution in [3.63, 3.8) is 0 Å². The number of benzene rings is 2. The van der Waals surface area contributed by atoms with E-state index in [0.717, 1.165) is 40.8 Å². The van der Waals surface area contributed by atoms with Gasteiger partial charge < -0.3 is 14.4 Å². The second-order valence-electron chi connectivity index (χ2n) is 7.56. The van der Waals surface area contributed by atoms with E-state index < -0.39 is 10.8 Å². The lowest BCUT2D eigenvalue weighted by Crippen LogP contribution is -2.35. The second-order valence-corrected chi connectivity index (χ2v) is 9.87. The van der Waals surface area contributed by atoms with Gasteiger partial charge in [-0.25, -0.2) is 4.39 Å². The van der Waals surface area contributed by atoms with Gasteiger partial charge in [0.25, 0.3) is 0 Å². The molecule has 0 bridgehead atoms.